The molecule has 0 spiro atoms. The topological polar surface area (TPSA) is 174 Å². The highest BCUT2D eigenvalue weighted by Gasteiger charge is 2.74. The molecular weight excluding hydrogens is 640 g/mol. The molecule has 0 aromatic heterocycles. The van der Waals surface area contributed by atoms with Gasteiger partial charge in [0.25, 0.3) is 0 Å². The van der Waals surface area contributed by atoms with E-state index in [1.54, 1.807) is 23.6 Å². The molecule has 4 aliphatic heterocycles. The second-order valence-electron chi connectivity index (χ2n) is 12.1. The summed E-state index contributed by atoms with van der Waals surface area (Å²) in [6.45, 7) is 3.22. The third-order valence-corrected chi connectivity index (χ3v) is 10.8. The molecule has 46 heavy (non-hydrogen) atoms. The second kappa shape index (κ2) is 9.00. The van der Waals surface area contributed by atoms with Crippen molar-refractivity contribution in [1.29, 1.82) is 0 Å². The number of carbonyl (C=O) groups excluding carboxylic acids is 2. The Morgan fingerprint density at radius 3 is 1.39 bits per heavy atom. The average Bonchev–Trinajstić information content (AvgIpc) is 3.20. The van der Waals surface area contributed by atoms with E-state index in [9.17, 15) is 35.5 Å². The van der Waals surface area contributed by atoms with Crippen molar-refractivity contribution in [3.05, 3.63) is 82.9 Å². The lowest BCUT2D eigenvalue weighted by atomic mass is 9.88. The van der Waals surface area contributed by atoms with Crippen LogP contribution >= 0.6 is 0 Å². The molecule has 4 amide bonds. The monoisotopic (exact) mass is 666 g/mol. The van der Waals surface area contributed by atoms with Crippen molar-refractivity contribution >= 4 is 54.4 Å². The van der Waals surface area contributed by atoms with E-state index in [1.165, 1.54) is 34.1 Å². The molecule has 238 valence electrons. The van der Waals surface area contributed by atoms with Crippen molar-refractivity contribution in [3.63, 3.8) is 0 Å². The third-order valence-electron chi connectivity index (χ3n) is 10.00. The molecule has 0 atom stereocenters. The van der Waals surface area contributed by atoms with Crippen LogP contribution < -0.4 is 8.37 Å². The first-order valence-electron chi connectivity index (χ1n) is 14.2. The predicted octanol–water partition coefficient (Wildman–Crippen LogP) is 3.99. The summed E-state index contributed by atoms with van der Waals surface area (Å²) >= 11 is 0. The number of rotatable bonds is 4. The molecule has 4 aromatic rings. The second-order valence-corrected chi connectivity index (χ2v) is 14.1. The number of hydrogen-bond acceptors (Lipinski definition) is 8. The van der Waals surface area contributed by atoms with E-state index < -0.39 is 44.2 Å². The highest BCUT2D eigenvalue weighted by atomic mass is 32.3. The summed E-state index contributed by atoms with van der Waals surface area (Å²) in [5.41, 5.74) is -0.688. The number of hydrogen-bond donors (Lipinski definition) is 2. The van der Waals surface area contributed by atoms with Crippen LogP contribution in [-0.4, -0.2) is 68.9 Å². The van der Waals surface area contributed by atoms with Crippen molar-refractivity contribution in [2.75, 3.05) is 0 Å². The minimum absolute atomic E-state index is 0.121. The highest BCUT2D eigenvalue weighted by Crippen LogP contribution is 2.56. The molecule has 0 aliphatic carbocycles. The summed E-state index contributed by atoms with van der Waals surface area (Å²) in [5, 5.41) is 2.58. The zero-order valence-corrected chi connectivity index (χ0v) is 26.0. The quantitative estimate of drug-likeness (QED) is 0.303. The first kappa shape index (κ1) is 28.8. The van der Waals surface area contributed by atoms with Crippen LogP contribution in [0.25, 0.3) is 21.5 Å². The van der Waals surface area contributed by atoms with Crippen LogP contribution in [0.5, 0.6) is 11.5 Å². The fourth-order valence-corrected chi connectivity index (χ4v) is 8.65. The Kier molecular flexibility index (Phi) is 5.64. The molecule has 2 saturated heterocycles. The summed E-state index contributed by atoms with van der Waals surface area (Å²) in [4.78, 5) is 35.5. The molecule has 4 heterocycles. The van der Waals surface area contributed by atoms with Gasteiger partial charge in [0.15, 0.2) is 22.8 Å². The predicted molar refractivity (Wildman–Crippen MR) is 162 cm³/mol. The van der Waals surface area contributed by atoms with Gasteiger partial charge >= 0.3 is 32.9 Å². The summed E-state index contributed by atoms with van der Waals surface area (Å²) in [6.07, 6.45) is 0. The normalized spacial score (nSPS) is 23.7. The van der Waals surface area contributed by atoms with E-state index in [0.29, 0.717) is 5.39 Å². The van der Waals surface area contributed by atoms with Crippen LogP contribution in [0.1, 0.15) is 36.1 Å². The molecule has 0 saturated carbocycles. The smallest absolute Gasteiger partial charge is 0.361 e. The van der Waals surface area contributed by atoms with E-state index in [4.69, 9.17) is 8.37 Å². The number of amides is 4. The van der Waals surface area contributed by atoms with Crippen molar-refractivity contribution in [1.82, 2.24) is 19.6 Å². The maximum atomic E-state index is 14.6. The van der Waals surface area contributed by atoms with E-state index in [2.05, 4.69) is 0 Å². The Bertz CT molecular complexity index is 2150. The highest BCUT2D eigenvalue weighted by molar-refractivity contribution is 7.81. The summed E-state index contributed by atoms with van der Waals surface area (Å²) in [5.74, 6) is -0.624. The maximum absolute atomic E-state index is 14.6. The van der Waals surface area contributed by atoms with Gasteiger partial charge in [-0.3, -0.25) is 28.7 Å². The largest absolute Gasteiger partial charge is 0.446 e. The van der Waals surface area contributed by atoms with E-state index in [1.807, 2.05) is 36.4 Å². The van der Waals surface area contributed by atoms with Crippen molar-refractivity contribution in [3.8, 4) is 11.5 Å². The Labute approximate surface area is 263 Å². The van der Waals surface area contributed by atoms with Crippen LogP contribution in [0.4, 0.5) is 9.59 Å². The fraction of sp³-hybridized carbons (Fsp3) is 0.267. The van der Waals surface area contributed by atoms with Crippen LogP contribution in [0.2, 0.25) is 0 Å². The molecule has 0 bridgehead atoms. The van der Waals surface area contributed by atoms with Gasteiger partial charge in [-0.15, -0.1) is 0 Å². The van der Waals surface area contributed by atoms with Gasteiger partial charge in [-0.1, -0.05) is 48.5 Å². The minimum Gasteiger partial charge on any atom is -0.361 e. The van der Waals surface area contributed by atoms with Gasteiger partial charge in [-0.2, -0.15) is 16.8 Å². The molecule has 0 unspecified atom stereocenters. The molecule has 0 radical (unpaired) electrons. The van der Waals surface area contributed by atoms with Gasteiger partial charge in [0, 0.05) is 11.1 Å². The molecule has 2 fully saturated rings. The first-order valence-corrected chi connectivity index (χ1v) is 16.9. The van der Waals surface area contributed by atoms with Crippen molar-refractivity contribution in [2.45, 2.75) is 51.4 Å². The van der Waals surface area contributed by atoms with Gasteiger partial charge in [0.05, 0.1) is 26.2 Å². The zero-order chi connectivity index (χ0) is 32.6. The molecule has 14 nitrogen and oxygen atoms in total. The Balaban J connectivity index is 1.42. The SMILES string of the molecule is C[C@]12N3Cc4cccc5cccc(c45)CN1C(=O)N1Cc4c(OS(=O)(=O)O)ccc5ccc(OS(=O)(=O)O)c(c45)CN(C3=O)[C@]12C. The standard InChI is InChI=1S/C30H26N4O10S2/c1-29-30(2)33-15-21-23(43-45(37,38)39)11-9-18-10-12-24(44-46(40,41)42)22(26(18)21)16-34(30)28(36)32(29)14-20-8-4-6-17-5-3-7-19(25(17)20)13-31(29)27(33)35/h3-12H,13-16H2,1-2H3,(H,37,38,39)(H,40,41,42)/t29-,30+. The van der Waals surface area contributed by atoms with Crippen LogP contribution in [0, 0.1) is 0 Å². The van der Waals surface area contributed by atoms with Crippen LogP contribution in [-0.2, 0) is 47.0 Å². The van der Waals surface area contributed by atoms with Gasteiger partial charge in [0.2, 0.25) is 0 Å². The van der Waals surface area contributed by atoms with Gasteiger partial charge in [-0.05, 0) is 58.7 Å². The molecule has 4 aliphatic rings. The van der Waals surface area contributed by atoms with Gasteiger partial charge in [-0.25, -0.2) is 9.59 Å². The maximum Gasteiger partial charge on any atom is 0.446 e. The van der Waals surface area contributed by atoms with Gasteiger partial charge < -0.3 is 8.37 Å². The number of carbonyl (C=O) groups is 2. The lowest BCUT2D eigenvalue weighted by Gasteiger charge is -2.47. The number of benzene rings is 4. The van der Waals surface area contributed by atoms with E-state index in [-0.39, 0.29) is 54.2 Å². The Hall–Kier alpha value is -4.64. The molecular formula is C30H26N4O10S2. The Morgan fingerprint density at radius 1 is 0.587 bits per heavy atom. The molecule has 8 rings (SSSR count). The van der Waals surface area contributed by atoms with Crippen molar-refractivity contribution in [2.24, 2.45) is 0 Å². The number of urea groups is 2. The average molecular weight is 667 g/mol. The fourth-order valence-electron chi connectivity index (χ4n) is 7.89. The summed E-state index contributed by atoms with van der Waals surface area (Å²) in [6, 6.07) is 16.4. The van der Waals surface area contributed by atoms with Crippen LogP contribution in [0.3, 0.4) is 0 Å². The summed E-state index contributed by atoms with van der Waals surface area (Å²) in [7, 11) is -10.1. The molecule has 4 aromatic carbocycles. The number of nitrogens with zero attached hydrogens (tertiary/aromatic N) is 4. The summed E-state index contributed by atoms with van der Waals surface area (Å²) < 4.78 is 77.1. The third kappa shape index (κ3) is 3.74. The van der Waals surface area contributed by atoms with Gasteiger partial charge in [0.1, 0.15) is 0 Å². The lowest BCUT2D eigenvalue weighted by molar-refractivity contribution is -0.0502. The van der Waals surface area contributed by atoms with E-state index >= 15 is 0 Å². The molecule has 2 N–H and O–H groups in total. The van der Waals surface area contributed by atoms with Crippen molar-refractivity contribution < 1.29 is 43.9 Å². The Morgan fingerprint density at radius 2 is 0.978 bits per heavy atom. The van der Waals surface area contributed by atoms with Crippen LogP contribution in [0.15, 0.2) is 60.7 Å². The minimum atomic E-state index is -5.04. The lowest BCUT2D eigenvalue weighted by Crippen LogP contribution is -2.64. The zero-order valence-electron chi connectivity index (χ0n) is 24.4. The first-order chi connectivity index (χ1) is 21.6. The molecule has 16 heteroatoms. The van der Waals surface area contributed by atoms with E-state index in [0.717, 1.165) is 21.9 Å².